The van der Waals surface area contributed by atoms with Crippen molar-refractivity contribution in [1.29, 1.82) is 0 Å². The maximum absolute atomic E-state index is 12.5. The second-order valence-electron chi connectivity index (χ2n) is 5.46. The largest absolute Gasteiger partial charge is 0.337 e. The molecule has 1 fully saturated rings. The van der Waals surface area contributed by atoms with Gasteiger partial charge in [-0.25, -0.2) is 0 Å². The Morgan fingerprint density at radius 3 is 2.50 bits per heavy atom. The first-order valence-electron chi connectivity index (χ1n) is 6.18. The van der Waals surface area contributed by atoms with E-state index in [4.69, 9.17) is 23.2 Å². The molecule has 0 aromatic heterocycles. The molecule has 96 valence electrons. The lowest BCUT2D eigenvalue weighted by Crippen LogP contribution is -2.41. The average Bonchev–Trinajstić information content (AvgIpc) is 2.88. The van der Waals surface area contributed by atoms with Crippen molar-refractivity contribution in [2.45, 2.75) is 30.6 Å². The fourth-order valence-corrected chi connectivity index (χ4v) is 3.35. The van der Waals surface area contributed by atoms with Crippen molar-refractivity contribution in [1.82, 2.24) is 4.90 Å². The van der Waals surface area contributed by atoms with Gasteiger partial charge in [0.15, 0.2) is 0 Å². The van der Waals surface area contributed by atoms with Crippen LogP contribution >= 0.6 is 23.2 Å². The van der Waals surface area contributed by atoms with Gasteiger partial charge in [-0.15, -0.1) is 23.2 Å². The second-order valence-corrected chi connectivity index (χ2v) is 6.94. The van der Waals surface area contributed by atoms with Gasteiger partial charge in [-0.1, -0.05) is 24.3 Å². The normalized spacial score (nSPS) is 28.7. The van der Waals surface area contributed by atoms with Crippen LogP contribution in [0.1, 0.15) is 24.5 Å². The molecule has 3 rings (SSSR count). The Hall–Kier alpha value is -0.730. The summed E-state index contributed by atoms with van der Waals surface area (Å²) in [7, 11) is 0. The zero-order valence-corrected chi connectivity index (χ0v) is 11.8. The maximum atomic E-state index is 12.5. The number of carbonyl (C=O) groups excluding carboxylic acids is 1. The molecule has 1 saturated carbocycles. The van der Waals surface area contributed by atoms with Crippen LogP contribution < -0.4 is 0 Å². The number of hydrogen-bond donors (Lipinski definition) is 0. The molecule has 1 aliphatic carbocycles. The number of fused-ring (bicyclic) bond motifs is 1. The Labute approximate surface area is 117 Å². The fraction of sp³-hybridized carbons (Fsp3) is 0.500. The molecule has 1 aromatic rings. The van der Waals surface area contributed by atoms with Crippen LogP contribution in [-0.2, 0) is 17.8 Å². The van der Waals surface area contributed by atoms with Crippen molar-refractivity contribution in [2.75, 3.05) is 6.54 Å². The monoisotopic (exact) mass is 283 g/mol. The molecule has 4 heteroatoms. The van der Waals surface area contributed by atoms with Crippen LogP contribution in [0.2, 0.25) is 0 Å². The predicted octanol–water partition coefficient (Wildman–Crippen LogP) is 3.16. The molecule has 1 aliphatic heterocycles. The van der Waals surface area contributed by atoms with Crippen molar-refractivity contribution in [2.24, 2.45) is 5.41 Å². The van der Waals surface area contributed by atoms with E-state index in [0.29, 0.717) is 13.0 Å². The van der Waals surface area contributed by atoms with Gasteiger partial charge in [-0.2, -0.15) is 0 Å². The van der Waals surface area contributed by atoms with Crippen LogP contribution in [0.5, 0.6) is 0 Å². The van der Waals surface area contributed by atoms with E-state index in [9.17, 15) is 4.79 Å². The lowest BCUT2D eigenvalue weighted by molar-refractivity contribution is -0.137. The summed E-state index contributed by atoms with van der Waals surface area (Å²) in [5.74, 6) is 0.0852. The van der Waals surface area contributed by atoms with Crippen LogP contribution in [0.15, 0.2) is 24.3 Å². The summed E-state index contributed by atoms with van der Waals surface area (Å²) in [5, 5.41) is 0. The maximum Gasteiger partial charge on any atom is 0.231 e. The molecule has 18 heavy (non-hydrogen) atoms. The molecule has 1 atom stereocenters. The Balaban J connectivity index is 1.79. The number of carbonyl (C=O) groups is 1. The third-order valence-electron chi connectivity index (χ3n) is 4.15. The number of amides is 1. The third kappa shape index (κ3) is 1.74. The summed E-state index contributed by atoms with van der Waals surface area (Å²) >= 11 is 12.2. The van der Waals surface area contributed by atoms with Crippen LogP contribution in [0.25, 0.3) is 0 Å². The van der Waals surface area contributed by atoms with Gasteiger partial charge in [0.1, 0.15) is 4.33 Å². The summed E-state index contributed by atoms with van der Waals surface area (Å²) in [6, 6.07) is 8.27. The van der Waals surface area contributed by atoms with Crippen LogP contribution in [-0.4, -0.2) is 21.7 Å². The minimum atomic E-state index is -0.874. The number of alkyl halides is 2. The number of halogens is 2. The number of rotatable bonds is 1. The Morgan fingerprint density at radius 2 is 1.89 bits per heavy atom. The first kappa shape index (κ1) is 12.3. The van der Waals surface area contributed by atoms with E-state index in [0.717, 1.165) is 13.0 Å². The molecule has 0 N–H and O–H groups in total. The highest BCUT2D eigenvalue weighted by Gasteiger charge is 2.68. The summed E-state index contributed by atoms with van der Waals surface area (Å²) in [5.41, 5.74) is 1.98. The summed E-state index contributed by atoms with van der Waals surface area (Å²) in [6.07, 6.45) is 1.47. The van der Waals surface area contributed by atoms with E-state index in [1.807, 2.05) is 24.0 Å². The van der Waals surface area contributed by atoms with Crippen molar-refractivity contribution in [3.63, 3.8) is 0 Å². The van der Waals surface area contributed by atoms with Crippen molar-refractivity contribution < 1.29 is 4.79 Å². The summed E-state index contributed by atoms with van der Waals surface area (Å²) in [4.78, 5) is 14.3. The van der Waals surface area contributed by atoms with E-state index in [1.165, 1.54) is 11.1 Å². The second kappa shape index (κ2) is 3.88. The molecular weight excluding hydrogens is 269 g/mol. The molecule has 0 saturated heterocycles. The van der Waals surface area contributed by atoms with Crippen molar-refractivity contribution in [3.8, 4) is 0 Å². The molecule has 2 nitrogen and oxygen atoms in total. The van der Waals surface area contributed by atoms with Crippen molar-refractivity contribution >= 4 is 29.1 Å². The van der Waals surface area contributed by atoms with E-state index >= 15 is 0 Å². The first-order chi connectivity index (χ1) is 8.44. The van der Waals surface area contributed by atoms with Gasteiger partial charge in [0.2, 0.25) is 5.91 Å². The van der Waals surface area contributed by atoms with E-state index in [2.05, 4.69) is 12.1 Å². The molecule has 0 spiro atoms. The quantitative estimate of drug-likeness (QED) is 0.725. The van der Waals surface area contributed by atoms with E-state index in [1.54, 1.807) is 0 Å². The Morgan fingerprint density at radius 1 is 1.28 bits per heavy atom. The zero-order chi connectivity index (χ0) is 13.0. The molecule has 0 unspecified atom stereocenters. The highest BCUT2D eigenvalue weighted by Crippen LogP contribution is 2.64. The van der Waals surface area contributed by atoms with Crippen LogP contribution in [0.4, 0.5) is 0 Å². The molecule has 0 radical (unpaired) electrons. The topological polar surface area (TPSA) is 20.3 Å². The standard InChI is InChI=1S/C14H15Cl2NO/c1-13(9-14(13,15)16)12(18)17-7-6-10-4-2-3-5-11(10)8-17/h2-5H,6-9H2,1H3/t13-/m0/s1. The first-order valence-corrected chi connectivity index (χ1v) is 6.94. The Bertz CT molecular complexity index is 514. The predicted molar refractivity (Wildman–Crippen MR) is 72.7 cm³/mol. The summed E-state index contributed by atoms with van der Waals surface area (Å²) in [6.45, 7) is 3.29. The van der Waals surface area contributed by atoms with Crippen molar-refractivity contribution in [3.05, 3.63) is 35.4 Å². The number of hydrogen-bond acceptors (Lipinski definition) is 1. The minimum Gasteiger partial charge on any atom is -0.337 e. The average molecular weight is 284 g/mol. The van der Waals surface area contributed by atoms with Crippen LogP contribution in [0, 0.1) is 5.41 Å². The highest BCUT2D eigenvalue weighted by atomic mass is 35.5. The molecule has 0 bridgehead atoms. The van der Waals surface area contributed by atoms with Gasteiger partial charge in [-0.3, -0.25) is 4.79 Å². The van der Waals surface area contributed by atoms with E-state index < -0.39 is 9.75 Å². The SMILES string of the molecule is C[C@@]1(C(=O)N2CCc3ccccc3C2)CC1(Cl)Cl. The lowest BCUT2D eigenvalue weighted by Gasteiger charge is -2.31. The lowest BCUT2D eigenvalue weighted by atomic mass is 9.98. The van der Waals surface area contributed by atoms with Gasteiger partial charge in [0.25, 0.3) is 0 Å². The van der Waals surface area contributed by atoms with Crippen LogP contribution in [0.3, 0.4) is 0 Å². The van der Waals surface area contributed by atoms with Gasteiger partial charge in [-0.05, 0) is 30.9 Å². The highest BCUT2D eigenvalue weighted by molar-refractivity contribution is 6.53. The molecule has 1 heterocycles. The van der Waals surface area contributed by atoms with E-state index in [-0.39, 0.29) is 5.91 Å². The molecular formula is C14H15Cl2NO. The zero-order valence-electron chi connectivity index (χ0n) is 10.2. The molecule has 2 aliphatic rings. The molecule has 1 amide bonds. The van der Waals surface area contributed by atoms with Gasteiger partial charge < -0.3 is 4.90 Å². The number of nitrogens with zero attached hydrogens (tertiary/aromatic N) is 1. The third-order valence-corrected chi connectivity index (χ3v) is 5.25. The molecule has 1 aromatic carbocycles. The fourth-order valence-electron chi connectivity index (χ4n) is 2.65. The van der Waals surface area contributed by atoms with Gasteiger partial charge in [0.05, 0.1) is 5.41 Å². The minimum absolute atomic E-state index is 0.0852. The smallest absolute Gasteiger partial charge is 0.231 e. The number of benzene rings is 1. The Kier molecular flexibility index (Phi) is 2.65. The van der Waals surface area contributed by atoms with Gasteiger partial charge in [0, 0.05) is 13.1 Å². The van der Waals surface area contributed by atoms with Gasteiger partial charge >= 0.3 is 0 Å². The summed E-state index contributed by atoms with van der Waals surface area (Å²) < 4.78 is -0.874.